The van der Waals surface area contributed by atoms with E-state index in [1.54, 1.807) is 18.2 Å². The van der Waals surface area contributed by atoms with Gasteiger partial charge in [0.1, 0.15) is 18.1 Å². The van der Waals surface area contributed by atoms with Crippen molar-refractivity contribution in [2.75, 3.05) is 51.3 Å². The number of hydrogen-bond donors (Lipinski definition) is 2. The summed E-state index contributed by atoms with van der Waals surface area (Å²) in [7, 11) is 0. The van der Waals surface area contributed by atoms with Gasteiger partial charge in [-0.05, 0) is 61.3 Å². The van der Waals surface area contributed by atoms with Crippen molar-refractivity contribution >= 4 is 11.7 Å². The number of nitrogens with zero attached hydrogens (tertiary/aromatic N) is 2. The number of carbonyl (C=O) groups excluding carboxylic acids is 1. The average molecular weight is 496 g/mol. The third kappa shape index (κ3) is 7.02. The van der Waals surface area contributed by atoms with E-state index in [1.165, 1.54) is 0 Å². The van der Waals surface area contributed by atoms with Crippen LogP contribution >= 0.6 is 0 Å². The summed E-state index contributed by atoms with van der Waals surface area (Å²) in [6.45, 7) is 7.16. The number of furan rings is 1. The normalized spacial score (nSPS) is 24.3. The molecule has 4 rings (SSSR count). The highest BCUT2D eigenvalue weighted by atomic mass is 16.5. The molecule has 1 saturated carbocycles. The lowest BCUT2D eigenvalue weighted by molar-refractivity contribution is 0.0181. The molecule has 8 heteroatoms. The first-order chi connectivity index (χ1) is 17.5. The molecule has 2 fully saturated rings. The summed E-state index contributed by atoms with van der Waals surface area (Å²) in [5.41, 5.74) is 0.866. The Bertz CT molecular complexity index is 1030. The van der Waals surface area contributed by atoms with Crippen LogP contribution < -0.4 is 5.32 Å². The zero-order valence-corrected chi connectivity index (χ0v) is 21.0. The molecule has 36 heavy (non-hydrogen) atoms. The first-order valence-corrected chi connectivity index (χ1v) is 13.0. The fourth-order valence-electron chi connectivity index (χ4n) is 5.56. The van der Waals surface area contributed by atoms with Crippen LogP contribution in [0.2, 0.25) is 0 Å². The quantitative estimate of drug-likeness (QED) is 0.444. The third-order valence-electron chi connectivity index (χ3n) is 7.55. The predicted octanol–water partition coefficient (Wildman–Crippen LogP) is 4.32. The van der Waals surface area contributed by atoms with E-state index in [1.807, 2.05) is 18.2 Å². The Hall–Kier alpha value is -3.02. The first kappa shape index (κ1) is 26.1. The number of carbonyl (C=O) groups is 1. The Kier molecular flexibility index (Phi) is 9.26. The van der Waals surface area contributed by atoms with Crippen molar-refractivity contribution in [3.63, 3.8) is 0 Å². The number of ether oxygens (including phenoxy) is 2. The molecule has 1 aliphatic heterocycles. The van der Waals surface area contributed by atoms with Crippen LogP contribution in [-0.4, -0.2) is 62.0 Å². The standard InChI is InChI=1S/C28H37N3O5/c1-20-16-21(18-29)26(19-30-22-4-2-5-23(32)17-22)25(20)7-3-6-24-8-9-27(36-24)28(33)35-15-12-31-10-13-34-14-11-31/h2,4-5,8-9,17,20-21,25-26,30,32H,3,6-7,10-16,19H2,1H3/t20?,21?,25-,26?/m0/s1. The molecule has 0 amide bonds. The minimum atomic E-state index is -0.422. The van der Waals surface area contributed by atoms with Gasteiger partial charge in [-0.2, -0.15) is 5.26 Å². The van der Waals surface area contributed by atoms with Crippen molar-refractivity contribution in [2.45, 2.75) is 32.6 Å². The van der Waals surface area contributed by atoms with E-state index in [0.717, 1.165) is 63.4 Å². The molecule has 3 unspecified atom stereocenters. The number of phenolic OH excluding ortho intramolecular Hbond substituents is 1. The second kappa shape index (κ2) is 12.8. The SMILES string of the molecule is CC1CC(C#N)C(CNc2cccc(O)c2)[C@H]1CCCc1ccc(C(=O)OCCN2CCOCC2)o1. The summed E-state index contributed by atoms with van der Waals surface area (Å²) < 4.78 is 16.5. The van der Waals surface area contributed by atoms with Crippen LogP contribution in [0.1, 0.15) is 42.5 Å². The summed E-state index contributed by atoms with van der Waals surface area (Å²) in [5.74, 6) is 2.02. The summed E-state index contributed by atoms with van der Waals surface area (Å²) >= 11 is 0. The van der Waals surface area contributed by atoms with Gasteiger partial charge < -0.3 is 24.3 Å². The zero-order chi connectivity index (χ0) is 25.3. The highest BCUT2D eigenvalue weighted by molar-refractivity contribution is 5.86. The van der Waals surface area contributed by atoms with E-state index in [9.17, 15) is 15.2 Å². The van der Waals surface area contributed by atoms with E-state index in [2.05, 4.69) is 23.2 Å². The Morgan fingerprint density at radius 3 is 2.86 bits per heavy atom. The van der Waals surface area contributed by atoms with Crippen LogP contribution in [0, 0.1) is 35.0 Å². The molecule has 0 radical (unpaired) electrons. The Morgan fingerprint density at radius 1 is 1.25 bits per heavy atom. The van der Waals surface area contributed by atoms with Crippen molar-refractivity contribution in [3.8, 4) is 11.8 Å². The highest BCUT2D eigenvalue weighted by Crippen LogP contribution is 2.44. The van der Waals surface area contributed by atoms with E-state index < -0.39 is 5.97 Å². The lowest BCUT2D eigenvalue weighted by Crippen LogP contribution is -2.38. The molecule has 1 aliphatic carbocycles. The van der Waals surface area contributed by atoms with Gasteiger partial charge in [0.05, 0.1) is 25.2 Å². The maximum Gasteiger partial charge on any atom is 0.374 e. The van der Waals surface area contributed by atoms with Gasteiger partial charge in [-0.15, -0.1) is 0 Å². The second-order valence-electron chi connectivity index (χ2n) is 9.96. The van der Waals surface area contributed by atoms with Crippen molar-refractivity contribution in [3.05, 3.63) is 47.9 Å². The molecule has 2 N–H and O–H groups in total. The second-order valence-corrected chi connectivity index (χ2v) is 9.96. The topological polar surface area (TPSA) is 108 Å². The third-order valence-corrected chi connectivity index (χ3v) is 7.55. The number of nitriles is 1. The van der Waals surface area contributed by atoms with Gasteiger partial charge in [-0.1, -0.05) is 13.0 Å². The van der Waals surface area contributed by atoms with Gasteiger partial charge >= 0.3 is 5.97 Å². The molecule has 2 aliphatic rings. The number of aryl methyl sites for hydroxylation is 1. The molecule has 8 nitrogen and oxygen atoms in total. The van der Waals surface area contributed by atoms with Gasteiger partial charge in [0.15, 0.2) is 0 Å². The van der Waals surface area contributed by atoms with Gasteiger partial charge in [-0.25, -0.2) is 4.79 Å². The molecule has 4 atom stereocenters. The van der Waals surface area contributed by atoms with E-state index in [-0.39, 0.29) is 23.3 Å². The number of benzene rings is 1. The number of aromatic hydroxyl groups is 1. The molecule has 1 aromatic heterocycles. The molecule has 2 aromatic rings. The van der Waals surface area contributed by atoms with Crippen LogP contribution in [0.4, 0.5) is 5.69 Å². The molecule has 0 bridgehead atoms. The minimum absolute atomic E-state index is 0.0252. The average Bonchev–Trinajstić information content (AvgIpc) is 3.48. The predicted molar refractivity (Wildman–Crippen MR) is 136 cm³/mol. The molecule has 2 heterocycles. The summed E-state index contributed by atoms with van der Waals surface area (Å²) in [4.78, 5) is 14.6. The molecule has 0 spiro atoms. The number of esters is 1. The fraction of sp³-hybridized carbons (Fsp3) is 0.571. The molecule has 194 valence electrons. The van der Waals surface area contributed by atoms with Gasteiger partial charge in [0.25, 0.3) is 0 Å². The lowest BCUT2D eigenvalue weighted by atomic mass is 9.83. The molecule has 1 saturated heterocycles. The van der Waals surface area contributed by atoms with Crippen molar-refractivity contribution in [1.29, 1.82) is 5.26 Å². The largest absolute Gasteiger partial charge is 0.508 e. The number of nitrogens with one attached hydrogen (secondary N) is 1. The lowest BCUT2D eigenvalue weighted by Gasteiger charge is -2.26. The van der Waals surface area contributed by atoms with Crippen LogP contribution in [-0.2, 0) is 15.9 Å². The molecule has 1 aromatic carbocycles. The van der Waals surface area contributed by atoms with E-state index in [4.69, 9.17) is 13.9 Å². The zero-order valence-electron chi connectivity index (χ0n) is 21.0. The maximum atomic E-state index is 12.3. The van der Waals surface area contributed by atoms with Crippen molar-refractivity contribution in [1.82, 2.24) is 4.90 Å². The number of phenols is 1. The van der Waals surface area contributed by atoms with Crippen LogP contribution in [0.3, 0.4) is 0 Å². The first-order valence-electron chi connectivity index (χ1n) is 13.0. The molecular weight excluding hydrogens is 458 g/mol. The van der Waals surface area contributed by atoms with Crippen molar-refractivity contribution < 1.29 is 23.8 Å². The summed E-state index contributed by atoms with van der Waals surface area (Å²) in [6.07, 6.45) is 3.57. The Morgan fingerprint density at radius 2 is 2.08 bits per heavy atom. The van der Waals surface area contributed by atoms with E-state index >= 15 is 0 Å². The number of rotatable bonds is 11. The van der Waals surface area contributed by atoms with Crippen LogP contribution in [0.5, 0.6) is 5.75 Å². The molecular formula is C28H37N3O5. The van der Waals surface area contributed by atoms with Gasteiger partial charge in [0.2, 0.25) is 5.76 Å². The van der Waals surface area contributed by atoms with E-state index in [0.29, 0.717) is 31.5 Å². The number of anilines is 1. The smallest absolute Gasteiger partial charge is 0.374 e. The van der Waals surface area contributed by atoms with Crippen molar-refractivity contribution in [2.24, 2.45) is 23.7 Å². The highest BCUT2D eigenvalue weighted by Gasteiger charge is 2.40. The number of morpholine rings is 1. The van der Waals surface area contributed by atoms with Crippen LogP contribution in [0.25, 0.3) is 0 Å². The van der Waals surface area contributed by atoms with Gasteiger partial charge in [0, 0.05) is 44.4 Å². The minimum Gasteiger partial charge on any atom is -0.508 e. The fourth-order valence-corrected chi connectivity index (χ4v) is 5.56. The Labute approximate surface area is 213 Å². The summed E-state index contributed by atoms with van der Waals surface area (Å²) in [5, 5.41) is 22.9. The van der Waals surface area contributed by atoms with Crippen LogP contribution in [0.15, 0.2) is 40.8 Å². The maximum absolute atomic E-state index is 12.3. The summed E-state index contributed by atoms with van der Waals surface area (Å²) in [6, 6.07) is 13.2. The number of hydrogen-bond acceptors (Lipinski definition) is 8. The van der Waals surface area contributed by atoms with Gasteiger partial charge in [-0.3, -0.25) is 4.90 Å². The monoisotopic (exact) mass is 495 g/mol. The Balaban J connectivity index is 1.23.